The van der Waals surface area contributed by atoms with Crippen molar-refractivity contribution in [3.8, 4) is 0 Å². The molecule has 0 aromatic heterocycles. The number of ether oxygens (including phenoxy) is 1. The molecule has 0 fully saturated rings. The van der Waals surface area contributed by atoms with E-state index >= 15 is 0 Å². The first kappa shape index (κ1) is 17.2. The van der Waals surface area contributed by atoms with E-state index in [1.54, 1.807) is 0 Å². The third-order valence-corrected chi connectivity index (χ3v) is 2.96. The van der Waals surface area contributed by atoms with Crippen LogP contribution in [0.1, 0.15) is 65.2 Å². The molecular formula is C15H28O3. The lowest BCUT2D eigenvalue weighted by Gasteiger charge is -2.12. The van der Waals surface area contributed by atoms with Gasteiger partial charge in [-0.1, -0.05) is 59.0 Å². The number of carbonyl (C=O) groups excluding carboxylic acids is 1. The predicted octanol–water partition coefficient (Wildman–Crippen LogP) is 3.61. The zero-order valence-corrected chi connectivity index (χ0v) is 11.9. The zero-order chi connectivity index (χ0) is 13.8. The summed E-state index contributed by atoms with van der Waals surface area (Å²) in [6.45, 7) is 8.17. The molecular weight excluding hydrogens is 228 g/mol. The summed E-state index contributed by atoms with van der Waals surface area (Å²) in [7, 11) is 0. The van der Waals surface area contributed by atoms with Crippen molar-refractivity contribution in [2.45, 2.75) is 71.3 Å². The average Bonchev–Trinajstić information content (AvgIpc) is 2.36. The molecule has 0 aliphatic heterocycles. The molecule has 0 rings (SSSR count). The van der Waals surface area contributed by atoms with E-state index in [-0.39, 0.29) is 5.57 Å². The normalized spacial score (nSPS) is 12.2. The Morgan fingerprint density at radius 1 is 1.11 bits per heavy atom. The van der Waals surface area contributed by atoms with Gasteiger partial charge in [0.1, 0.15) is 0 Å². The lowest BCUT2D eigenvalue weighted by molar-refractivity contribution is -0.140. The molecule has 1 atom stereocenters. The summed E-state index contributed by atoms with van der Waals surface area (Å²) in [6, 6.07) is 0. The quantitative estimate of drug-likeness (QED) is 0.349. The summed E-state index contributed by atoms with van der Waals surface area (Å²) in [5, 5.41) is 9.59. The van der Waals surface area contributed by atoms with Crippen molar-refractivity contribution in [2.24, 2.45) is 0 Å². The van der Waals surface area contributed by atoms with Crippen LogP contribution in [0.5, 0.6) is 0 Å². The van der Waals surface area contributed by atoms with E-state index in [4.69, 9.17) is 4.74 Å². The van der Waals surface area contributed by atoms with Gasteiger partial charge in [-0.25, -0.2) is 4.79 Å². The molecule has 0 saturated carbocycles. The van der Waals surface area contributed by atoms with Crippen LogP contribution < -0.4 is 0 Å². The number of rotatable bonds is 11. The first-order valence-corrected chi connectivity index (χ1v) is 7.17. The lowest BCUT2D eigenvalue weighted by Crippen LogP contribution is -2.19. The monoisotopic (exact) mass is 256 g/mol. The van der Waals surface area contributed by atoms with E-state index in [1.165, 1.54) is 25.7 Å². The van der Waals surface area contributed by atoms with Gasteiger partial charge in [0, 0.05) is 0 Å². The van der Waals surface area contributed by atoms with Gasteiger partial charge in [-0.15, -0.1) is 0 Å². The Morgan fingerprint density at radius 2 is 1.72 bits per heavy atom. The van der Waals surface area contributed by atoms with Gasteiger partial charge in [-0.2, -0.15) is 0 Å². The Bertz CT molecular complexity index is 236. The van der Waals surface area contributed by atoms with E-state index in [1.807, 2.05) is 6.92 Å². The Morgan fingerprint density at radius 3 is 2.33 bits per heavy atom. The molecule has 0 aliphatic rings. The smallest absolute Gasteiger partial charge is 0.336 e. The second-order valence-electron chi connectivity index (χ2n) is 4.73. The number of hydrogen-bond acceptors (Lipinski definition) is 3. The van der Waals surface area contributed by atoms with E-state index < -0.39 is 12.1 Å². The lowest BCUT2D eigenvalue weighted by atomic mass is 10.1. The molecule has 0 aromatic carbocycles. The molecule has 0 amide bonds. The minimum Gasteiger partial charge on any atom is -0.462 e. The molecule has 0 spiro atoms. The summed E-state index contributed by atoms with van der Waals surface area (Å²) in [4.78, 5) is 11.5. The fourth-order valence-corrected chi connectivity index (χ4v) is 1.72. The van der Waals surface area contributed by atoms with Gasteiger partial charge in [0.25, 0.3) is 0 Å². The minimum atomic E-state index is -0.757. The molecule has 18 heavy (non-hydrogen) atoms. The Kier molecular flexibility index (Phi) is 10.8. The number of esters is 1. The second kappa shape index (κ2) is 11.3. The van der Waals surface area contributed by atoms with Crippen LogP contribution in [0, 0.1) is 0 Å². The number of unbranched alkanes of at least 4 members (excludes halogenated alkanes) is 5. The van der Waals surface area contributed by atoms with Crippen LogP contribution in [0.2, 0.25) is 0 Å². The van der Waals surface area contributed by atoms with Crippen molar-refractivity contribution in [1.82, 2.24) is 0 Å². The highest BCUT2D eigenvalue weighted by molar-refractivity contribution is 5.88. The van der Waals surface area contributed by atoms with Crippen molar-refractivity contribution in [3.63, 3.8) is 0 Å². The summed E-state index contributed by atoms with van der Waals surface area (Å²) in [5.41, 5.74) is 0.183. The van der Waals surface area contributed by atoms with Gasteiger partial charge in [0.05, 0.1) is 18.3 Å². The van der Waals surface area contributed by atoms with Gasteiger partial charge in [-0.3, -0.25) is 0 Å². The van der Waals surface area contributed by atoms with Crippen molar-refractivity contribution in [1.29, 1.82) is 0 Å². The summed E-state index contributed by atoms with van der Waals surface area (Å²) < 4.78 is 5.08. The van der Waals surface area contributed by atoms with Crippen molar-refractivity contribution >= 4 is 5.97 Å². The summed E-state index contributed by atoms with van der Waals surface area (Å²) in [5.74, 6) is -0.454. The van der Waals surface area contributed by atoms with Gasteiger partial charge >= 0.3 is 5.97 Å². The first-order chi connectivity index (χ1) is 8.63. The van der Waals surface area contributed by atoms with E-state index in [2.05, 4.69) is 13.5 Å². The van der Waals surface area contributed by atoms with Crippen LogP contribution >= 0.6 is 0 Å². The SMILES string of the molecule is C=C(C(=O)OCCCCCCCC)C(O)CCC. The van der Waals surface area contributed by atoms with Crippen LogP contribution in [-0.4, -0.2) is 23.8 Å². The molecule has 0 saturated heterocycles. The molecule has 3 nitrogen and oxygen atoms in total. The van der Waals surface area contributed by atoms with Crippen LogP contribution in [0.3, 0.4) is 0 Å². The van der Waals surface area contributed by atoms with Gasteiger partial charge in [0.15, 0.2) is 0 Å². The maximum Gasteiger partial charge on any atom is 0.336 e. The summed E-state index contributed by atoms with van der Waals surface area (Å²) in [6.07, 6.45) is 7.59. The van der Waals surface area contributed by atoms with Crippen LogP contribution in [-0.2, 0) is 9.53 Å². The molecule has 0 heterocycles. The molecule has 0 radical (unpaired) electrons. The molecule has 3 heteroatoms. The van der Waals surface area contributed by atoms with E-state index in [0.29, 0.717) is 13.0 Å². The number of aliphatic hydroxyl groups excluding tert-OH is 1. The van der Waals surface area contributed by atoms with Crippen molar-refractivity contribution < 1.29 is 14.6 Å². The number of aliphatic hydroxyl groups is 1. The van der Waals surface area contributed by atoms with Crippen LogP contribution in [0.25, 0.3) is 0 Å². The third-order valence-electron chi connectivity index (χ3n) is 2.96. The Labute approximate surface area is 111 Å². The molecule has 0 aliphatic carbocycles. The summed E-state index contributed by atoms with van der Waals surface area (Å²) >= 11 is 0. The number of hydrogen-bond donors (Lipinski definition) is 1. The molecule has 0 bridgehead atoms. The minimum absolute atomic E-state index is 0.183. The fraction of sp³-hybridized carbons (Fsp3) is 0.800. The van der Waals surface area contributed by atoms with Crippen molar-refractivity contribution in [3.05, 3.63) is 12.2 Å². The molecule has 1 N–H and O–H groups in total. The third kappa shape index (κ3) is 8.29. The second-order valence-corrected chi connectivity index (χ2v) is 4.73. The zero-order valence-electron chi connectivity index (χ0n) is 11.9. The Balaban J connectivity index is 3.55. The van der Waals surface area contributed by atoms with Crippen LogP contribution in [0.15, 0.2) is 12.2 Å². The highest BCUT2D eigenvalue weighted by Crippen LogP contribution is 2.09. The fourth-order valence-electron chi connectivity index (χ4n) is 1.72. The largest absolute Gasteiger partial charge is 0.462 e. The topological polar surface area (TPSA) is 46.5 Å². The average molecular weight is 256 g/mol. The van der Waals surface area contributed by atoms with Gasteiger partial charge in [-0.05, 0) is 12.8 Å². The molecule has 106 valence electrons. The maximum atomic E-state index is 11.5. The number of carbonyl (C=O) groups is 1. The van der Waals surface area contributed by atoms with Crippen molar-refractivity contribution in [2.75, 3.05) is 6.61 Å². The Hall–Kier alpha value is -0.830. The standard InChI is InChI=1S/C15H28O3/c1-4-6-7-8-9-10-12-18-15(17)13(3)14(16)11-5-2/h14,16H,3-12H2,1-2H3. The molecule has 1 unspecified atom stereocenters. The van der Waals surface area contributed by atoms with E-state index in [0.717, 1.165) is 19.3 Å². The highest BCUT2D eigenvalue weighted by Gasteiger charge is 2.16. The van der Waals surface area contributed by atoms with Gasteiger partial charge in [0.2, 0.25) is 0 Å². The van der Waals surface area contributed by atoms with Crippen LogP contribution in [0.4, 0.5) is 0 Å². The molecule has 0 aromatic rings. The van der Waals surface area contributed by atoms with E-state index in [9.17, 15) is 9.90 Å². The highest BCUT2D eigenvalue weighted by atomic mass is 16.5. The predicted molar refractivity (Wildman–Crippen MR) is 74.4 cm³/mol. The van der Waals surface area contributed by atoms with Gasteiger partial charge < -0.3 is 9.84 Å². The first-order valence-electron chi connectivity index (χ1n) is 7.17. The maximum absolute atomic E-state index is 11.5.